The summed E-state index contributed by atoms with van der Waals surface area (Å²) in [7, 11) is 0. The lowest BCUT2D eigenvalue weighted by molar-refractivity contribution is -0.120. The molecule has 0 radical (unpaired) electrons. The molecule has 2 heterocycles. The Hall–Kier alpha value is -2.11. The van der Waals surface area contributed by atoms with Gasteiger partial charge >= 0.3 is 0 Å². The fourth-order valence-electron chi connectivity index (χ4n) is 1.54. The van der Waals surface area contributed by atoms with E-state index in [4.69, 9.17) is 0 Å². The van der Waals surface area contributed by atoms with Crippen LogP contribution >= 0.6 is 0 Å². The third kappa shape index (κ3) is 3.75. The maximum Gasteiger partial charge on any atom is 0.225 e. The van der Waals surface area contributed by atoms with Gasteiger partial charge in [0.25, 0.3) is 0 Å². The molecule has 0 fully saturated rings. The van der Waals surface area contributed by atoms with Gasteiger partial charge in [-0.2, -0.15) is 5.10 Å². The van der Waals surface area contributed by atoms with E-state index in [-0.39, 0.29) is 5.91 Å². The van der Waals surface area contributed by atoms with Crippen LogP contribution in [0, 0.1) is 0 Å². The number of nitrogens with one attached hydrogen (secondary N) is 3. The predicted octanol–water partition coefficient (Wildman–Crippen LogP) is 0.424. The summed E-state index contributed by atoms with van der Waals surface area (Å²) in [5.74, 6) is 0.960. The molecular formula is C11H15N5O. The molecule has 0 saturated carbocycles. The van der Waals surface area contributed by atoms with E-state index in [0.29, 0.717) is 13.0 Å². The number of aromatic amines is 2. The van der Waals surface area contributed by atoms with E-state index in [9.17, 15) is 4.79 Å². The van der Waals surface area contributed by atoms with Crippen molar-refractivity contribution in [3.05, 3.63) is 36.2 Å². The highest BCUT2D eigenvalue weighted by atomic mass is 16.1. The largest absolute Gasteiger partial charge is 0.356 e. The molecular weight excluding hydrogens is 218 g/mol. The monoisotopic (exact) mass is 233 g/mol. The lowest BCUT2D eigenvalue weighted by atomic mass is 10.2. The molecule has 2 aromatic rings. The van der Waals surface area contributed by atoms with Gasteiger partial charge in [0.1, 0.15) is 5.82 Å². The molecule has 2 aromatic heterocycles. The molecule has 0 aliphatic carbocycles. The van der Waals surface area contributed by atoms with Crippen LogP contribution in [0.2, 0.25) is 0 Å². The molecule has 0 unspecified atom stereocenters. The molecule has 0 bridgehead atoms. The van der Waals surface area contributed by atoms with Gasteiger partial charge in [0, 0.05) is 37.3 Å². The SMILES string of the molecule is O=C(Cc1ccn[nH]1)NCCCc1ncc[nH]1. The highest BCUT2D eigenvalue weighted by molar-refractivity contribution is 5.77. The minimum Gasteiger partial charge on any atom is -0.356 e. The number of imidazole rings is 1. The molecule has 6 heteroatoms. The van der Waals surface area contributed by atoms with E-state index in [1.165, 1.54) is 0 Å². The number of carbonyl (C=O) groups excluding carboxylic acids is 1. The number of nitrogens with zero attached hydrogens (tertiary/aromatic N) is 2. The minimum atomic E-state index is 0.00805. The van der Waals surface area contributed by atoms with Crippen LogP contribution in [0.25, 0.3) is 0 Å². The van der Waals surface area contributed by atoms with Gasteiger partial charge in [-0.15, -0.1) is 0 Å². The number of H-pyrrole nitrogens is 2. The van der Waals surface area contributed by atoms with Crippen LogP contribution in [0.4, 0.5) is 0 Å². The molecule has 0 saturated heterocycles. The molecule has 0 aliphatic heterocycles. The first kappa shape index (κ1) is 11.4. The molecule has 0 atom stereocenters. The average Bonchev–Trinajstić information content (AvgIpc) is 2.96. The highest BCUT2D eigenvalue weighted by Gasteiger charge is 2.03. The topological polar surface area (TPSA) is 86.5 Å². The average molecular weight is 233 g/mol. The number of aromatic nitrogens is 4. The first-order chi connectivity index (χ1) is 8.34. The number of hydrogen-bond donors (Lipinski definition) is 3. The summed E-state index contributed by atoms with van der Waals surface area (Å²) in [6.07, 6.45) is 7.23. The number of carbonyl (C=O) groups is 1. The van der Waals surface area contributed by atoms with Crippen molar-refractivity contribution in [2.75, 3.05) is 6.54 Å². The van der Waals surface area contributed by atoms with Crippen LogP contribution in [0.5, 0.6) is 0 Å². The molecule has 0 spiro atoms. The van der Waals surface area contributed by atoms with Gasteiger partial charge in [0.05, 0.1) is 6.42 Å². The van der Waals surface area contributed by atoms with Crippen molar-refractivity contribution in [3.63, 3.8) is 0 Å². The van der Waals surface area contributed by atoms with Gasteiger partial charge in [-0.05, 0) is 12.5 Å². The smallest absolute Gasteiger partial charge is 0.225 e. The molecule has 17 heavy (non-hydrogen) atoms. The zero-order chi connectivity index (χ0) is 11.9. The lowest BCUT2D eigenvalue weighted by Crippen LogP contribution is -2.26. The lowest BCUT2D eigenvalue weighted by Gasteiger charge is -2.03. The second kappa shape index (κ2) is 5.83. The van der Waals surface area contributed by atoms with Gasteiger partial charge in [0.2, 0.25) is 5.91 Å². The quantitative estimate of drug-likeness (QED) is 0.632. The standard InChI is InChI=1S/C11H15N5O/c17-11(8-9-3-5-15-16-9)14-4-1-2-10-12-6-7-13-10/h3,5-7H,1-2,4,8H2,(H,12,13)(H,14,17)(H,15,16). The number of aryl methyl sites for hydroxylation is 1. The normalized spacial score (nSPS) is 10.4. The summed E-state index contributed by atoms with van der Waals surface area (Å²) >= 11 is 0. The Morgan fingerprint density at radius 2 is 2.35 bits per heavy atom. The molecule has 1 amide bonds. The summed E-state index contributed by atoms with van der Waals surface area (Å²) in [4.78, 5) is 18.6. The number of rotatable bonds is 6. The van der Waals surface area contributed by atoms with Crippen molar-refractivity contribution in [2.45, 2.75) is 19.3 Å². The Balaban J connectivity index is 1.60. The number of hydrogen-bond acceptors (Lipinski definition) is 3. The van der Waals surface area contributed by atoms with Gasteiger partial charge in [-0.1, -0.05) is 0 Å². The van der Waals surface area contributed by atoms with E-state index in [2.05, 4.69) is 25.5 Å². The third-order valence-electron chi connectivity index (χ3n) is 2.38. The maximum atomic E-state index is 11.5. The zero-order valence-corrected chi connectivity index (χ0v) is 9.44. The second-order valence-corrected chi connectivity index (χ2v) is 3.75. The summed E-state index contributed by atoms with van der Waals surface area (Å²) in [6, 6.07) is 1.79. The first-order valence-electron chi connectivity index (χ1n) is 5.58. The van der Waals surface area contributed by atoms with E-state index in [1.54, 1.807) is 24.7 Å². The summed E-state index contributed by atoms with van der Waals surface area (Å²) < 4.78 is 0. The van der Waals surface area contributed by atoms with Crippen LogP contribution in [0.15, 0.2) is 24.7 Å². The molecule has 2 rings (SSSR count). The fraction of sp³-hybridized carbons (Fsp3) is 0.364. The van der Waals surface area contributed by atoms with E-state index < -0.39 is 0 Å². The van der Waals surface area contributed by atoms with E-state index in [0.717, 1.165) is 24.4 Å². The van der Waals surface area contributed by atoms with Crippen molar-refractivity contribution in [2.24, 2.45) is 0 Å². The van der Waals surface area contributed by atoms with Crippen molar-refractivity contribution in [3.8, 4) is 0 Å². The Morgan fingerprint density at radius 3 is 3.06 bits per heavy atom. The minimum absolute atomic E-state index is 0.00805. The summed E-state index contributed by atoms with van der Waals surface area (Å²) in [6.45, 7) is 0.660. The van der Waals surface area contributed by atoms with Gasteiger partial charge in [0.15, 0.2) is 0 Å². The van der Waals surface area contributed by atoms with Gasteiger partial charge in [-0.25, -0.2) is 4.98 Å². The first-order valence-corrected chi connectivity index (χ1v) is 5.58. The highest BCUT2D eigenvalue weighted by Crippen LogP contribution is 1.95. The van der Waals surface area contributed by atoms with Crippen LogP contribution in [0.3, 0.4) is 0 Å². The van der Waals surface area contributed by atoms with Crippen LogP contribution in [-0.2, 0) is 17.6 Å². The summed E-state index contributed by atoms with van der Waals surface area (Å²) in [5, 5.41) is 9.40. The Bertz CT molecular complexity index is 434. The van der Waals surface area contributed by atoms with Crippen molar-refractivity contribution in [1.82, 2.24) is 25.5 Å². The van der Waals surface area contributed by atoms with Crippen molar-refractivity contribution in [1.29, 1.82) is 0 Å². The third-order valence-corrected chi connectivity index (χ3v) is 2.38. The van der Waals surface area contributed by atoms with Crippen LogP contribution in [0.1, 0.15) is 17.9 Å². The Morgan fingerprint density at radius 1 is 1.41 bits per heavy atom. The summed E-state index contributed by atoms with van der Waals surface area (Å²) in [5.41, 5.74) is 0.827. The fourth-order valence-corrected chi connectivity index (χ4v) is 1.54. The molecule has 6 nitrogen and oxygen atoms in total. The maximum absolute atomic E-state index is 11.5. The zero-order valence-electron chi connectivity index (χ0n) is 9.44. The molecule has 0 aliphatic rings. The van der Waals surface area contributed by atoms with Crippen LogP contribution in [-0.4, -0.2) is 32.6 Å². The second-order valence-electron chi connectivity index (χ2n) is 3.75. The van der Waals surface area contributed by atoms with E-state index >= 15 is 0 Å². The molecule has 0 aromatic carbocycles. The Labute approximate surface area is 98.9 Å². The van der Waals surface area contributed by atoms with Crippen molar-refractivity contribution >= 4 is 5.91 Å². The number of amides is 1. The van der Waals surface area contributed by atoms with E-state index in [1.807, 2.05) is 0 Å². The molecule has 90 valence electrons. The van der Waals surface area contributed by atoms with Gasteiger partial charge in [-0.3, -0.25) is 9.89 Å². The molecule has 3 N–H and O–H groups in total. The predicted molar refractivity (Wildman–Crippen MR) is 62.2 cm³/mol. The Kier molecular flexibility index (Phi) is 3.90. The van der Waals surface area contributed by atoms with Crippen LogP contribution < -0.4 is 5.32 Å². The van der Waals surface area contributed by atoms with Crippen molar-refractivity contribution < 1.29 is 4.79 Å². The van der Waals surface area contributed by atoms with Gasteiger partial charge < -0.3 is 10.3 Å².